The van der Waals surface area contributed by atoms with Crippen molar-refractivity contribution in [3.8, 4) is 0 Å². The summed E-state index contributed by atoms with van der Waals surface area (Å²) in [5.74, 6) is -0.703. The van der Waals surface area contributed by atoms with Gasteiger partial charge in [0, 0.05) is 6.54 Å². The number of carbonyl (C=O) groups is 1. The summed E-state index contributed by atoms with van der Waals surface area (Å²) in [6.45, 7) is 2.42. The van der Waals surface area contributed by atoms with Gasteiger partial charge in [0.1, 0.15) is 5.82 Å². The Morgan fingerprint density at radius 3 is 2.27 bits per heavy atom. The van der Waals surface area contributed by atoms with Crippen LogP contribution in [0.2, 0.25) is 0 Å². The average Bonchev–Trinajstić information content (AvgIpc) is 2.60. The van der Waals surface area contributed by atoms with Gasteiger partial charge in [-0.15, -0.1) is 0 Å². The second-order valence-electron chi connectivity index (χ2n) is 6.10. The molecule has 1 unspecified atom stereocenters. The van der Waals surface area contributed by atoms with Crippen LogP contribution in [0.1, 0.15) is 36.8 Å². The van der Waals surface area contributed by atoms with Crippen molar-refractivity contribution in [1.82, 2.24) is 5.32 Å². The first-order chi connectivity index (χ1) is 12.3. The minimum absolute atomic E-state index is 0.0799. The normalized spacial score (nSPS) is 12.6. The lowest BCUT2D eigenvalue weighted by Crippen LogP contribution is -2.30. The first-order valence-electron chi connectivity index (χ1n) is 8.46. The highest BCUT2D eigenvalue weighted by Crippen LogP contribution is 2.20. The molecule has 5 nitrogen and oxygen atoms in total. The number of rotatable bonds is 8. The number of carbonyl (C=O) groups excluding carboxylic acids is 1. The molecule has 0 aromatic heterocycles. The third-order valence-electron chi connectivity index (χ3n) is 4.19. The SMILES string of the molecule is CCC(C(=O)NCCCc1ccc(S(N)(=O)=O)cc1)c1ccc(F)cc1. The molecule has 0 aliphatic carbocycles. The summed E-state index contributed by atoms with van der Waals surface area (Å²) in [7, 11) is -3.68. The summed E-state index contributed by atoms with van der Waals surface area (Å²) in [5.41, 5.74) is 1.77. The number of hydrogen-bond acceptors (Lipinski definition) is 3. The van der Waals surface area contributed by atoms with E-state index in [9.17, 15) is 17.6 Å². The largest absolute Gasteiger partial charge is 0.356 e. The topological polar surface area (TPSA) is 89.3 Å². The van der Waals surface area contributed by atoms with Crippen molar-refractivity contribution < 1.29 is 17.6 Å². The predicted octanol–water partition coefficient (Wildman–Crippen LogP) is 2.72. The first kappa shape index (κ1) is 20.1. The summed E-state index contributed by atoms with van der Waals surface area (Å²) in [4.78, 5) is 12.4. The van der Waals surface area contributed by atoms with Gasteiger partial charge in [0.05, 0.1) is 10.8 Å². The van der Waals surface area contributed by atoms with Crippen LogP contribution in [0.5, 0.6) is 0 Å². The van der Waals surface area contributed by atoms with Crippen LogP contribution in [0.4, 0.5) is 4.39 Å². The quantitative estimate of drug-likeness (QED) is 0.692. The molecule has 0 saturated carbocycles. The molecule has 1 amide bonds. The molecule has 0 aliphatic rings. The minimum Gasteiger partial charge on any atom is -0.356 e. The Bertz CT molecular complexity index is 834. The van der Waals surface area contributed by atoms with Crippen molar-refractivity contribution in [1.29, 1.82) is 0 Å². The van der Waals surface area contributed by atoms with Crippen LogP contribution in [-0.4, -0.2) is 20.9 Å². The highest BCUT2D eigenvalue weighted by molar-refractivity contribution is 7.89. The second kappa shape index (κ2) is 8.91. The fourth-order valence-corrected chi connectivity index (χ4v) is 3.26. The van der Waals surface area contributed by atoms with Gasteiger partial charge in [0.15, 0.2) is 0 Å². The molecule has 7 heteroatoms. The Balaban J connectivity index is 1.83. The average molecular weight is 378 g/mol. The summed E-state index contributed by atoms with van der Waals surface area (Å²) in [5, 5.41) is 7.97. The summed E-state index contributed by atoms with van der Waals surface area (Å²) in [6.07, 6.45) is 2.06. The molecule has 2 rings (SSSR count). The lowest BCUT2D eigenvalue weighted by atomic mass is 9.95. The first-order valence-corrected chi connectivity index (χ1v) is 10.0. The molecule has 1 atom stereocenters. The fraction of sp³-hybridized carbons (Fsp3) is 0.316. The summed E-state index contributed by atoms with van der Waals surface area (Å²) in [6, 6.07) is 12.4. The number of aryl methyl sites for hydroxylation is 1. The van der Waals surface area contributed by atoms with E-state index in [1.54, 1.807) is 24.3 Å². The van der Waals surface area contributed by atoms with Crippen molar-refractivity contribution in [3.63, 3.8) is 0 Å². The van der Waals surface area contributed by atoms with Crippen LogP contribution < -0.4 is 10.5 Å². The number of nitrogens with two attached hydrogens (primary N) is 1. The van der Waals surface area contributed by atoms with Crippen molar-refractivity contribution in [2.24, 2.45) is 5.14 Å². The lowest BCUT2D eigenvalue weighted by Gasteiger charge is -2.15. The highest BCUT2D eigenvalue weighted by Gasteiger charge is 2.18. The van der Waals surface area contributed by atoms with E-state index in [1.807, 2.05) is 6.92 Å². The van der Waals surface area contributed by atoms with Gasteiger partial charge >= 0.3 is 0 Å². The van der Waals surface area contributed by atoms with Crippen molar-refractivity contribution in [2.45, 2.75) is 37.0 Å². The molecular formula is C19H23FN2O3S. The second-order valence-corrected chi connectivity index (χ2v) is 7.66. The summed E-state index contributed by atoms with van der Waals surface area (Å²) >= 11 is 0. The molecule has 0 radical (unpaired) electrons. The van der Waals surface area contributed by atoms with E-state index in [0.29, 0.717) is 19.4 Å². The fourth-order valence-electron chi connectivity index (χ4n) is 2.74. The Hall–Kier alpha value is -2.25. The smallest absolute Gasteiger partial charge is 0.238 e. The van der Waals surface area contributed by atoms with E-state index < -0.39 is 10.0 Å². The van der Waals surface area contributed by atoms with Crippen LogP contribution >= 0.6 is 0 Å². The van der Waals surface area contributed by atoms with E-state index in [0.717, 1.165) is 17.5 Å². The molecule has 26 heavy (non-hydrogen) atoms. The van der Waals surface area contributed by atoms with Crippen molar-refractivity contribution in [2.75, 3.05) is 6.54 Å². The molecule has 0 fully saturated rings. The third kappa shape index (κ3) is 5.64. The predicted molar refractivity (Wildman–Crippen MR) is 98.6 cm³/mol. The maximum absolute atomic E-state index is 13.0. The minimum atomic E-state index is -3.68. The van der Waals surface area contributed by atoms with Gasteiger partial charge in [-0.2, -0.15) is 0 Å². The Morgan fingerprint density at radius 1 is 1.12 bits per heavy atom. The summed E-state index contributed by atoms with van der Waals surface area (Å²) < 4.78 is 35.4. The zero-order valence-electron chi connectivity index (χ0n) is 14.6. The zero-order chi connectivity index (χ0) is 19.2. The molecule has 0 heterocycles. The van der Waals surface area contributed by atoms with Gasteiger partial charge < -0.3 is 5.32 Å². The highest BCUT2D eigenvalue weighted by atomic mass is 32.2. The molecule has 140 valence electrons. The molecular weight excluding hydrogens is 355 g/mol. The van der Waals surface area contributed by atoms with E-state index in [2.05, 4.69) is 5.32 Å². The van der Waals surface area contributed by atoms with Crippen LogP contribution in [0, 0.1) is 5.82 Å². The van der Waals surface area contributed by atoms with Gasteiger partial charge in [-0.05, 0) is 54.7 Å². The monoisotopic (exact) mass is 378 g/mol. The van der Waals surface area contributed by atoms with Gasteiger partial charge in [-0.25, -0.2) is 17.9 Å². The lowest BCUT2D eigenvalue weighted by molar-refractivity contribution is -0.122. The number of nitrogens with one attached hydrogen (secondary N) is 1. The van der Waals surface area contributed by atoms with Crippen LogP contribution in [0.3, 0.4) is 0 Å². The maximum Gasteiger partial charge on any atom is 0.238 e. The molecule has 0 spiro atoms. The van der Waals surface area contributed by atoms with Crippen molar-refractivity contribution in [3.05, 3.63) is 65.5 Å². The van der Waals surface area contributed by atoms with Gasteiger partial charge in [-0.1, -0.05) is 31.2 Å². The maximum atomic E-state index is 13.0. The number of hydrogen-bond donors (Lipinski definition) is 2. The standard InChI is InChI=1S/C19H23FN2O3S/c1-2-18(15-7-9-16(20)10-8-15)19(23)22-13-3-4-14-5-11-17(12-6-14)26(21,24)25/h5-12,18H,2-4,13H2,1H3,(H,22,23)(H2,21,24,25). The van der Waals surface area contributed by atoms with E-state index in [1.165, 1.54) is 24.3 Å². The van der Waals surface area contributed by atoms with E-state index >= 15 is 0 Å². The number of amides is 1. The Morgan fingerprint density at radius 2 is 1.73 bits per heavy atom. The van der Waals surface area contributed by atoms with Crippen LogP contribution in [-0.2, 0) is 21.2 Å². The number of sulfonamides is 1. The molecule has 0 aliphatic heterocycles. The van der Waals surface area contributed by atoms with E-state index in [-0.39, 0.29) is 22.5 Å². The van der Waals surface area contributed by atoms with E-state index in [4.69, 9.17) is 5.14 Å². The number of benzene rings is 2. The van der Waals surface area contributed by atoms with Crippen molar-refractivity contribution >= 4 is 15.9 Å². The zero-order valence-corrected chi connectivity index (χ0v) is 15.4. The number of primary sulfonamides is 1. The Kier molecular flexibility index (Phi) is 6.88. The molecule has 0 saturated heterocycles. The van der Waals surface area contributed by atoms with Gasteiger partial charge in [0.2, 0.25) is 15.9 Å². The molecule has 3 N–H and O–H groups in total. The third-order valence-corrected chi connectivity index (χ3v) is 5.12. The van der Waals surface area contributed by atoms with Gasteiger partial charge in [0.25, 0.3) is 0 Å². The van der Waals surface area contributed by atoms with Crippen LogP contribution in [0.25, 0.3) is 0 Å². The molecule has 0 bridgehead atoms. The molecule has 2 aromatic rings. The Labute approximate surface area is 153 Å². The van der Waals surface area contributed by atoms with Gasteiger partial charge in [-0.3, -0.25) is 4.79 Å². The number of halogens is 1. The molecule has 2 aromatic carbocycles. The van der Waals surface area contributed by atoms with Crippen LogP contribution in [0.15, 0.2) is 53.4 Å².